The van der Waals surface area contributed by atoms with E-state index in [0.29, 0.717) is 19.0 Å². The van der Waals surface area contributed by atoms with Crippen molar-refractivity contribution in [2.75, 3.05) is 13.6 Å². The van der Waals surface area contributed by atoms with Crippen LogP contribution < -0.4 is 18.9 Å². The Morgan fingerprint density at radius 1 is 0.690 bits per heavy atom. The third-order valence-corrected chi connectivity index (χ3v) is 4.79. The fraction of sp³-hybridized carbons (Fsp3) is 0.500. The zero-order valence-corrected chi connectivity index (χ0v) is 19.0. The molecule has 0 atom stereocenters. The summed E-state index contributed by atoms with van der Waals surface area (Å²) in [6.07, 6.45) is 1.99. The Morgan fingerprint density at radius 3 is 1.79 bits per heavy atom. The summed E-state index contributed by atoms with van der Waals surface area (Å²) >= 11 is 6.18. The van der Waals surface area contributed by atoms with Gasteiger partial charge in [0.2, 0.25) is 13.6 Å². The Balaban J connectivity index is 0.000000166. The highest BCUT2D eigenvalue weighted by molar-refractivity contribution is 6.31. The molecular weight excluding hydrogens is 388 g/mol. The summed E-state index contributed by atoms with van der Waals surface area (Å²) in [6, 6.07) is 10.00. The Bertz CT molecular complexity index is 862. The van der Waals surface area contributed by atoms with E-state index in [1.54, 1.807) is 0 Å². The van der Waals surface area contributed by atoms with Crippen LogP contribution >= 0.6 is 11.6 Å². The molecule has 0 spiro atoms. The van der Waals surface area contributed by atoms with Crippen molar-refractivity contribution in [1.82, 2.24) is 0 Å². The number of hydrogen-bond acceptors (Lipinski definition) is 4. The first-order valence-corrected chi connectivity index (χ1v) is 10.3. The van der Waals surface area contributed by atoms with E-state index in [2.05, 4.69) is 53.7 Å². The molecule has 29 heavy (non-hydrogen) atoms. The van der Waals surface area contributed by atoms with Gasteiger partial charge in [-0.1, -0.05) is 59.2 Å². The standard InChI is InChI=1S/C12H15ClO2.C12H16O2/c1-12(2,3)6-8-4-10-11(5-9(8)13)15-7-14-10;1-12(2,3)7-9-4-5-10-11(6-9)14-8-13-10/h4-5H,6-7H2,1-3H3;4-6H,7-8H2,1-3H3. The molecule has 2 heterocycles. The Kier molecular flexibility index (Phi) is 6.23. The molecule has 2 aromatic carbocycles. The molecule has 2 aromatic rings. The van der Waals surface area contributed by atoms with Crippen LogP contribution in [0.3, 0.4) is 0 Å². The lowest BCUT2D eigenvalue weighted by Crippen LogP contribution is -2.09. The SMILES string of the molecule is CC(C)(C)Cc1cc2c(cc1Cl)OCO2.CC(C)(C)Cc1ccc2c(c1)OCO2. The van der Waals surface area contributed by atoms with Gasteiger partial charge in [0.05, 0.1) is 0 Å². The van der Waals surface area contributed by atoms with Gasteiger partial charge in [-0.05, 0) is 53.0 Å². The highest BCUT2D eigenvalue weighted by Crippen LogP contribution is 2.38. The molecule has 0 saturated carbocycles. The second-order valence-corrected chi connectivity index (χ2v) is 10.4. The van der Waals surface area contributed by atoms with Crippen LogP contribution in [-0.2, 0) is 12.8 Å². The van der Waals surface area contributed by atoms with E-state index in [1.165, 1.54) is 5.56 Å². The van der Waals surface area contributed by atoms with Crippen molar-refractivity contribution in [3.8, 4) is 23.0 Å². The third-order valence-electron chi connectivity index (χ3n) is 4.43. The summed E-state index contributed by atoms with van der Waals surface area (Å²) in [4.78, 5) is 0. The van der Waals surface area contributed by atoms with E-state index >= 15 is 0 Å². The smallest absolute Gasteiger partial charge is 0.231 e. The van der Waals surface area contributed by atoms with Crippen LogP contribution in [0, 0.1) is 10.8 Å². The molecule has 0 aliphatic carbocycles. The van der Waals surface area contributed by atoms with E-state index in [0.717, 1.165) is 46.4 Å². The number of benzene rings is 2. The minimum Gasteiger partial charge on any atom is -0.454 e. The average Bonchev–Trinajstić information content (AvgIpc) is 3.21. The molecule has 2 aliphatic rings. The first kappa shape index (κ1) is 21.6. The third kappa shape index (κ3) is 6.20. The predicted octanol–water partition coefficient (Wildman–Crippen LogP) is 6.66. The second-order valence-electron chi connectivity index (χ2n) is 9.96. The molecule has 158 valence electrons. The summed E-state index contributed by atoms with van der Waals surface area (Å²) in [5.41, 5.74) is 2.96. The number of hydrogen-bond donors (Lipinski definition) is 0. The van der Waals surface area contributed by atoms with Crippen molar-refractivity contribution in [2.45, 2.75) is 54.4 Å². The van der Waals surface area contributed by atoms with Crippen molar-refractivity contribution in [2.24, 2.45) is 10.8 Å². The first-order chi connectivity index (χ1) is 13.5. The van der Waals surface area contributed by atoms with E-state index in [1.807, 2.05) is 18.2 Å². The molecule has 0 unspecified atom stereocenters. The van der Waals surface area contributed by atoms with Gasteiger partial charge < -0.3 is 18.9 Å². The molecule has 0 radical (unpaired) electrons. The van der Waals surface area contributed by atoms with Crippen LogP contribution in [0.15, 0.2) is 30.3 Å². The second kappa shape index (κ2) is 8.35. The van der Waals surface area contributed by atoms with Gasteiger partial charge in [-0.2, -0.15) is 0 Å². The Hall–Kier alpha value is -2.07. The lowest BCUT2D eigenvalue weighted by atomic mass is 9.88. The zero-order chi connectivity index (χ0) is 21.2. The van der Waals surface area contributed by atoms with Crippen molar-refractivity contribution in [3.05, 3.63) is 46.5 Å². The fourth-order valence-electron chi connectivity index (χ4n) is 3.33. The van der Waals surface area contributed by atoms with Gasteiger partial charge in [-0.15, -0.1) is 0 Å². The maximum absolute atomic E-state index is 6.18. The van der Waals surface area contributed by atoms with Gasteiger partial charge in [0.15, 0.2) is 23.0 Å². The van der Waals surface area contributed by atoms with E-state index in [9.17, 15) is 0 Å². The quantitative estimate of drug-likeness (QED) is 0.546. The predicted molar refractivity (Wildman–Crippen MR) is 116 cm³/mol. The molecule has 0 fully saturated rings. The van der Waals surface area contributed by atoms with E-state index in [-0.39, 0.29) is 5.41 Å². The van der Waals surface area contributed by atoms with Crippen LogP contribution in [-0.4, -0.2) is 13.6 Å². The Morgan fingerprint density at radius 2 is 1.21 bits per heavy atom. The summed E-state index contributed by atoms with van der Waals surface area (Å²) < 4.78 is 21.2. The van der Waals surface area contributed by atoms with Crippen LogP contribution in [0.5, 0.6) is 23.0 Å². The molecule has 0 bridgehead atoms. The topological polar surface area (TPSA) is 36.9 Å². The molecule has 5 heteroatoms. The maximum Gasteiger partial charge on any atom is 0.231 e. The molecular formula is C24H31ClO4. The highest BCUT2D eigenvalue weighted by Gasteiger charge is 2.20. The number of ether oxygens (including phenoxy) is 4. The van der Waals surface area contributed by atoms with Gasteiger partial charge in [0, 0.05) is 11.1 Å². The largest absolute Gasteiger partial charge is 0.454 e. The summed E-state index contributed by atoms with van der Waals surface area (Å²) in [6.45, 7) is 13.9. The minimum absolute atomic E-state index is 0.220. The molecule has 4 nitrogen and oxygen atoms in total. The number of rotatable bonds is 2. The lowest BCUT2D eigenvalue weighted by molar-refractivity contribution is 0.173. The fourth-order valence-corrected chi connectivity index (χ4v) is 3.55. The van der Waals surface area contributed by atoms with Crippen LogP contribution in [0.4, 0.5) is 0 Å². The number of fused-ring (bicyclic) bond motifs is 2. The van der Waals surface area contributed by atoms with Crippen LogP contribution in [0.1, 0.15) is 52.7 Å². The summed E-state index contributed by atoms with van der Waals surface area (Å²) in [7, 11) is 0. The van der Waals surface area contributed by atoms with Gasteiger partial charge in [0.1, 0.15) is 0 Å². The molecule has 0 N–H and O–H groups in total. The molecule has 4 rings (SSSR count). The van der Waals surface area contributed by atoms with Gasteiger partial charge in [-0.3, -0.25) is 0 Å². The highest BCUT2D eigenvalue weighted by atomic mass is 35.5. The summed E-state index contributed by atoms with van der Waals surface area (Å²) in [5, 5.41) is 0.758. The van der Waals surface area contributed by atoms with E-state index < -0.39 is 0 Å². The van der Waals surface area contributed by atoms with Gasteiger partial charge in [0.25, 0.3) is 0 Å². The molecule has 0 amide bonds. The minimum atomic E-state index is 0.220. The zero-order valence-electron chi connectivity index (χ0n) is 18.2. The van der Waals surface area contributed by atoms with Crippen molar-refractivity contribution >= 4 is 11.6 Å². The van der Waals surface area contributed by atoms with Crippen LogP contribution in [0.25, 0.3) is 0 Å². The van der Waals surface area contributed by atoms with Crippen molar-refractivity contribution in [1.29, 1.82) is 0 Å². The van der Waals surface area contributed by atoms with Gasteiger partial charge >= 0.3 is 0 Å². The average molecular weight is 419 g/mol. The molecule has 0 aromatic heterocycles. The first-order valence-electron chi connectivity index (χ1n) is 9.97. The monoisotopic (exact) mass is 418 g/mol. The lowest BCUT2D eigenvalue weighted by Gasteiger charge is -2.19. The molecule has 0 saturated heterocycles. The number of halogens is 1. The van der Waals surface area contributed by atoms with Gasteiger partial charge in [-0.25, -0.2) is 0 Å². The molecule has 2 aliphatic heterocycles. The van der Waals surface area contributed by atoms with Crippen LogP contribution in [0.2, 0.25) is 5.02 Å². The van der Waals surface area contributed by atoms with Crippen molar-refractivity contribution < 1.29 is 18.9 Å². The normalized spacial score (nSPS) is 14.4. The maximum atomic E-state index is 6.18. The Labute approximate surface area is 179 Å². The van der Waals surface area contributed by atoms with E-state index in [4.69, 9.17) is 30.5 Å². The summed E-state index contributed by atoms with van der Waals surface area (Å²) in [5.74, 6) is 3.30. The van der Waals surface area contributed by atoms with Crippen molar-refractivity contribution in [3.63, 3.8) is 0 Å².